The summed E-state index contributed by atoms with van der Waals surface area (Å²) < 4.78 is 10.6. The lowest BCUT2D eigenvalue weighted by atomic mass is 10.0. The van der Waals surface area contributed by atoms with Gasteiger partial charge in [0.25, 0.3) is 5.91 Å². The first kappa shape index (κ1) is 19.2. The summed E-state index contributed by atoms with van der Waals surface area (Å²) >= 11 is 0. The minimum atomic E-state index is -0.123. The summed E-state index contributed by atoms with van der Waals surface area (Å²) in [5, 5.41) is 3.00. The summed E-state index contributed by atoms with van der Waals surface area (Å²) in [6.07, 6.45) is 1.51. The Kier molecular flexibility index (Phi) is 6.82. The van der Waals surface area contributed by atoms with E-state index in [-0.39, 0.29) is 31.1 Å². The predicted molar refractivity (Wildman–Crippen MR) is 95.8 cm³/mol. The lowest BCUT2D eigenvalue weighted by Crippen LogP contribution is -2.48. The van der Waals surface area contributed by atoms with Crippen LogP contribution in [0, 0.1) is 20.8 Å². The molecule has 1 aliphatic heterocycles. The highest BCUT2D eigenvalue weighted by atomic mass is 16.5. The number of nitrogens with zero attached hydrogens (tertiary/aromatic N) is 1. The van der Waals surface area contributed by atoms with Crippen molar-refractivity contribution in [1.82, 2.24) is 10.2 Å². The van der Waals surface area contributed by atoms with E-state index < -0.39 is 0 Å². The number of piperidine rings is 1. The zero-order valence-corrected chi connectivity index (χ0v) is 15.6. The van der Waals surface area contributed by atoms with Crippen LogP contribution in [0.25, 0.3) is 0 Å². The number of carbonyl (C=O) groups excluding carboxylic acids is 2. The molecule has 1 saturated heterocycles. The van der Waals surface area contributed by atoms with E-state index >= 15 is 0 Å². The number of nitrogens with one attached hydrogen (secondary N) is 1. The van der Waals surface area contributed by atoms with Crippen molar-refractivity contribution in [2.24, 2.45) is 0 Å². The molecular weight excluding hydrogens is 320 g/mol. The molecule has 25 heavy (non-hydrogen) atoms. The third kappa shape index (κ3) is 5.19. The Morgan fingerprint density at radius 1 is 1.12 bits per heavy atom. The molecule has 0 aliphatic carbocycles. The Labute approximate surface area is 149 Å². The molecule has 1 aliphatic rings. The molecule has 0 aromatic heterocycles. The third-order valence-electron chi connectivity index (χ3n) is 4.70. The number of rotatable bonds is 6. The SMILES string of the molecule is COCC(=O)N1CCC(NC(=O)COc2c(C)ccc(C)c2C)CC1. The van der Waals surface area contributed by atoms with Crippen molar-refractivity contribution in [2.45, 2.75) is 39.7 Å². The van der Waals surface area contributed by atoms with E-state index in [9.17, 15) is 9.59 Å². The number of carbonyl (C=O) groups is 2. The first-order valence-corrected chi connectivity index (χ1v) is 8.68. The molecule has 0 bridgehead atoms. The zero-order valence-electron chi connectivity index (χ0n) is 15.6. The maximum Gasteiger partial charge on any atom is 0.258 e. The number of hydrogen-bond donors (Lipinski definition) is 1. The quantitative estimate of drug-likeness (QED) is 0.850. The Morgan fingerprint density at radius 2 is 1.76 bits per heavy atom. The first-order valence-electron chi connectivity index (χ1n) is 8.68. The summed E-state index contributed by atoms with van der Waals surface area (Å²) in [5.41, 5.74) is 3.24. The second kappa shape index (κ2) is 8.85. The molecule has 1 N–H and O–H groups in total. The van der Waals surface area contributed by atoms with Gasteiger partial charge in [0, 0.05) is 26.2 Å². The smallest absolute Gasteiger partial charge is 0.258 e. The summed E-state index contributed by atoms with van der Waals surface area (Å²) in [4.78, 5) is 25.7. The average Bonchev–Trinajstić information content (AvgIpc) is 2.59. The van der Waals surface area contributed by atoms with Crippen LogP contribution in [-0.4, -0.2) is 56.2 Å². The van der Waals surface area contributed by atoms with Crippen molar-refractivity contribution in [3.8, 4) is 5.75 Å². The van der Waals surface area contributed by atoms with Gasteiger partial charge in [0.1, 0.15) is 12.4 Å². The normalized spacial score (nSPS) is 15.1. The fraction of sp³-hybridized carbons (Fsp3) is 0.579. The number of aryl methyl sites for hydroxylation is 2. The van der Waals surface area contributed by atoms with Crippen LogP contribution in [0.15, 0.2) is 12.1 Å². The topological polar surface area (TPSA) is 67.9 Å². The van der Waals surface area contributed by atoms with Gasteiger partial charge in [-0.25, -0.2) is 0 Å². The van der Waals surface area contributed by atoms with Crippen molar-refractivity contribution < 1.29 is 19.1 Å². The summed E-state index contributed by atoms with van der Waals surface area (Å²) in [6, 6.07) is 4.14. The molecule has 1 fully saturated rings. The maximum atomic E-state index is 12.2. The van der Waals surface area contributed by atoms with Crippen molar-refractivity contribution in [3.05, 3.63) is 28.8 Å². The van der Waals surface area contributed by atoms with Gasteiger partial charge in [-0.1, -0.05) is 12.1 Å². The van der Waals surface area contributed by atoms with Crippen LogP contribution < -0.4 is 10.1 Å². The summed E-state index contributed by atoms with van der Waals surface area (Å²) in [5.74, 6) is 0.665. The van der Waals surface area contributed by atoms with E-state index in [1.807, 2.05) is 26.8 Å². The molecule has 2 amide bonds. The van der Waals surface area contributed by atoms with Crippen LogP contribution in [0.4, 0.5) is 0 Å². The van der Waals surface area contributed by atoms with Crippen LogP contribution in [0.3, 0.4) is 0 Å². The van der Waals surface area contributed by atoms with Gasteiger partial charge in [-0.2, -0.15) is 0 Å². The molecule has 138 valence electrons. The number of hydrogen-bond acceptors (Lipinski definition) is 4. The van der Waals surface area contributed by atoms with Gasteiger partial charge in [0.15, 0.2) is 6.61 Å². The largest absolute Gasteiger partial charge is 0.483 e. The summed E-state index contributed by atoms with van der Waals surface area (Å²) in [7, 11) is 1.52. The maximum absolute atomic E-state index is 12.2. The number of likely N-dealkylation sites (tertiary alicyclic amines) is 1. The molecule has 0 spiro atoms. The summed E-state index contributed by atoms with van der Waals surface area (Å²) in [6.45, 7) is 7.41. The Bertz CT molecular complexity index is 622. The van der Waals surface area contributed by atoms with E-state index in [1.165, 1.54) is 7.11 Å². The van der Waals surface area contributed by atoms with Gasteiger partial charge >= 0.3 is 0 Å². The lowest BCUT2D eigenvalue weighted by molar-refractivity contribution is -0.136. The number of methoxy groups -OCH3 is 1. The van der Waals surface area contributed by atoms with Gasteiger partial charge in [0.05, 0.1) is 0 Å². The minimum Gasteiger partial charge on any atom is -0.483 e. The fourth-order valence-corrected chi connectivity index (χ4v) is 3.04. The monoisotopic (exact) mass is 348 g/mol. The molecule has 1 aromatic rings. The van der Waals surface area contributed by atoms with Crippen LogP contribution in [0.2, 0.25) is 0 Å². The lowest BCUT2D eigenvalue weighted by Gasteiger charge is -2.32. The number of ether oxygens (including phenoxy) is 2. The van der Waals surface area contributed by atoms with Gasteiger partial charge < -0.3 is 19.7 Å². The van der Waals surface area contributed by atoms with Crippen molar-refractivity contribution in [1.29, 1.82) is 0 Å². The zero-order chi connectivity index (χ0) is 18.4. The van der Waals surface area contributed by atoms with Gasteiger partial charge in [-0.3, -0.25) is 9.59 Å². The van der Waals surface area contributed by atoms with Crippen LogP contribution in [0.1, 0.15) is 29.5 Å². The molecule has 0 saturated carbocycles. The third-order valence-corrected chi connectivity index (χ3v) is 4.70. The van der Waals surface area contributed by atoms with Crippen LogP contribution >= 0.6 is 0 Å². The van der Waals surface area contributed by atoms with E-state index in [0.717, 1.165) is 35.3 Å². The average molecular weight is 348 g/mol. The predicted octanol–water partition coefficient (Wildman–Crippen LogP) is 1.74. The molecule has 1 aromatic carbocycles. The second-order valence-corrected chi connectivity index (χ2v) is 6.60. The van der Waals surface area contributed by atoms with Gasteiger partial charge in [-0.15, -0.1) is 0 Å². The van der Waals surface area contributed by atoms with E-state index in [0.29, 0.717) is 13.1 Å². The highest BCUT2D eigenvalue weighted by Gasteiger charge is 2.23. The van der Waals surface area contributed by atoms with E-state index in [2.05, 4.69) is 11.4 Å². The van der Waals surface area contributed by atoms with Crippen molar-refractivity contribution >= 4 is 11.8 Å². The first-order chi connectivity index (χ1) is 11.9. The van der Waals surface area contributed by atoms with Crippen LogP contribution in [0.5, 0.6) is 5.75 Å². The highest BCUT2D eigenvalue weighted by molar-refractivity contribution is 5.78. The van der Waals surface area contributed by atoms with E-state index in [4.69, 9.17) is 9.47 Å². The molecule has 2 rings (SSSR count). The Hall–Kier alpha value is -2.08. The molecule has 0 radical (unpaired) electrons. The molecular formula is C19H28N2O4. The fourth-order valence-electron chi connectivity index (χ4n) is 3.04. The van der Waals surface area contributed by atoms with Gasteiger partial charge in [0.2, 0.25) is 5.91 Å². The minimum absolute atomic E-state index is 0.000933. The van der Waals surface area contributed by atoms with Crippen LogP contribution in [-0.2, 0) is 14.3 Å². The number of amides is 2. The number of benzene rings is 1. The molecule has 6 nitrogen and oxygen atoms in total. The molecule has 1 heterocycles. The highest BCUT2D eigenvalue weighted by Crippen LogP contribution is 2.25. The molecule has 6 heteroatoms. The Morgan fingerprint density at radius 3 is 2.40 bits per heavy atom. The molecule has 0 unspecified atom stereocenters. The molecule has 0 atom stereocenters. The van der Waals surface area contributed by atoms with Crippen molar-refractivity contribution in [2.75, 3.05) is 33.4 Å². The van der Waals surface area contributed by atoms with Gasteiger partial charge in [-0.05, 0) is 50.3 Å². The standard InChI is InChI=1S/C19H28N2O4/c1-13-5-6-14(2)19(15(13)3)25-11-17(22)20-16-7-9-21(10-8-16)18(23)12-24-4/h5-6,16H,7-12H2,1-4H3,(H,20,22). The van der Waals surface area contributed by atoms with E-state index in [1.54, 1.807) is 4.90 Å². The Balaban J connectivity index is 1.79. The van der Waals surface area contributed by atoms with Crippen molar-refractivity contribution in [3.63, 3.8) is 0 Å². The second-order valence-electron chi connectivity index (χ2n) is 6.60.